The number of halogens is 1. The Bertz CT molecular complexity index is 1050. The zero-order valence-corrected chi connectivity index (χ0v) is 15.8. The van der Waals surface area contributed by atoms with E-state index < -0.39 is 11.2 Å². The molecule has 6 nitrogen and oxygen atoms in total. The van der Waals surface area contributed by atoms with Gasteiger partial charge >= 0.3 is 5.69 Å². The van der Waals surface area contributed by atoms with Crippen LogP contribution in [0.1, 0.15) is 46.0 Å². The van der Waals surface area contributed by atoms with Crippen molar-refractivity contribution < 1.29 is 4.39 Å². The largest absolute Gasteiger partial charge is 0.330 e. The van der Waals surface area contributed by atoms with E-state index >= 15 is 0 Å². The number of aryl methyl sites for hydroxylation is 2. The first-order chi connectivity index (χ1) is 13.1. The van der Waals surface area contributed by atoms with Crippen LogP contribution >= 0.6 is 0 Å². The summed E-state index contributed by atoms with van der Waals surface area (Å²) in [6.45, 7) is 5.21. The Labute approximate surface area is 156 Å². The monoisotopic (exact) mass is 372 g/mol. The van der Waals surface area contributed by atoms with Crippen LogP contribution in [0.2, 0.25) is 0 Å². The molecule has 0 amide bonds. The Kier molecular flexibility index (Phi) is 5.88. The normalized spacial score (nSPS) is 11.4. The van der Waals surface area contributed by atoms with Crippen molar-refractivity contribution in [2.45, 2.75) is 59.0 Å². The molecule has 0 aliphatic heterocycles. The predicted molar refractivity (Wildman–Crippen MR) is 104 cm³/mol. The first-order valence-corrected chi connectivity index (χ1v) is 9.56. The number of fused-ring (bicyclic) bond motifs is 1. The smallest absolute Gasteiger partial charge is 0.318 e. The zero-order valence-electron chi connectivity index (χ0n) is 15.8. The van der Waals surface area contributed by atoms with E-state index in [0.29, 0.717) is 35.6 Å². The van der Waals surface area contributed by atoms with Crippen molar-refractivity contribution in [3.8, 4) is 11.4 Å². The Morgan fingerprint density at radius 2 is 1.78 bits per heavy atom. The molecule has 2 heterocycles. The van der Waals surface area contributed by atoms with Crippen molar-refractivity contribution in [3.05, 3.63) is 50.9 Å². The minimum Gasteiger partial charge on any atom is -0.318 e. The summed E-state index contributed by atoms with van der Waals surface area (Å²) in [5.41, 5.74) is 0.435. The van der Waals surface area contributed by atoms with Crippen LogP contribution in [0.25, 0.3) is 22.6 Å². The third-order valence-corrected chi connectivity index (χ3v) is 4.69. The van der Waals surface area contributed by atoms with E-state index in [0.717, 1.165) is 32.1 Å². The third kappa shape index (κ3) is 3.86. The predicted octanol–water partition coefficient (Wildman–Crippen LogP) is 3.68. The number of hydrogen-bond donors (Lipinski definition) is 1. The topological polar surface area (TPSA) is 72.7 Å². The molecule has 0 spiro atoms. The first kappa shape index (κ1) is 19.1. The van der Waals surface area contributed by atoms with Gasteiger partial charge < -0.3 is 4.57 Å². The molecule has 1 aromatic carbocycles. The van der Waals surface area contributed by atoms with Gasteiger partial charge in [-0.05, 0) is 25.0 Å². The number of aromatic nitrogens is 4. The maximum atomic E-state index is 13.8. The van der Waals surface area contributed by atoms with E-state index in [1.165, 1.54) is 16.7 Å². The molecule has 0 atom stereocenters. The van der Waals surface area contributed by atoms with Gasteiger partial charge in [0.1, 0.15) is 11.6 Å². The molecule has 27 heavy (non-hydrogen) atoms. The van der Waals surface area contributed by atoms with Crippen LogP contribution in [0.4, 0.5) is 4.39 Å². The van der Waals surface area contributed by atoms with Crippen LogP contribution in [0.3, 0.4) is 0 Å². The standard InChI is InChI=1S/C20H25FN4O2/c1-3-5-7-12-24-16-18(22-17(24)14-9-8-10-15(21)13-14)25(11-6-4-2)20(27)23-19(16)26/h8-10,13H,3-7,11-12H2,1-2H3,(H,23,26,27). The highest BCUT2D eigenvalue weighted by atomic mass is 19.1. The molecular formula is C20H25FN4O2. The molecule has 0 fully saturated rings. The molecule has 2 aromatic heterocycles. The summed E-state index contributed by atoms with van der Waals surface area (Å²) in [5, 5.41) is 0. The fourth-order valence-electron chi connectivity index (χ4n) is 3.28. The molecular weight excluding hydrogens is 347 g/mol. The van der Waals surface area contributed by atoms with Crippen LogP contribution in [0.5, 0.6) is 0 Å². The van der Waals surface area contributed by atoms with Gasteiger partial charge in [0.25, 0.3) is 5.56 Å². The van der Waals surface area contributed by atoms with Crippen LogP contribution < -0.4 is 11.2 Å². The average Bonchev–Trinajstić information content (AvgIpc) is 3.02. The zero-order chi connectivity index (χ0) is 19.4. The summed E-state index contributed by atoms with van der Waals surface area (Å²) in [6.07, 6.45) is 4.65. The fraction of sp³-hybridized carbons (Fsp3) is 0.450. The molecule has 0 unspecified atom stereocenters. The van der Waals surface area contributed by atoms with Crippen LogP contribution in [0.15, 0.2) is 33.9 Å². The van der Waals surface area contributed by atoms with E-state index in [1.807, 2.05) is 11.5 Å². The van der Waals surface area contributed by atoms with E-state index in [4.69, 9.17) is 0 Å². The van der Waals surface area contributed by atoms with E-state index in [1.54, 1.807) is 12.1 Å². The van der Waals surface area contributed by atoms with Crippen molar-refractivity contribution >= 4 is 11.2 Å². The van der Waals surface area contributed by atoms with Crippen molar-refractivity contribution in [1.82, 2.24) is 19.1 Å². The minimum atomic E-state index is -0.454. The van der Waals surface area contributed by atoms with Gasteiger partial charge in [0.15, 0.2) is 11.2 Å². The van der Waals surface area contributed by atoms with E-state index in [9.17, 15) is 14.0 Å². The number of H-pyrrole nitrogens is 1. The van der Waals surface area contributed by atoms with Gasteiger partial charge in [-0.1, -0.05) is 45.2 Å². The summed E-state index contributed by atoms with van der Waals surface area (Å²) < 4.78 is 17.1. The summed E-state index contributed by atoms with van der Waals surface area (Å²) in [5.74, 6) is 0.152. The van der Waals surface area contributed by atoms with Gasteiger partial charge in [-0.25, -0.2) is 14.2 Å². The quantitative estimate of drug-likeness (QED) is 0.613. The average molecular weight is 372 g/mol. The summed E-state index contributed by atoms with van der Waals surface area (Å²) in [4.78, 5) is 31.9. The lowest BCUT2D eigenvalue weighted by Crippen LogP contribution is -2.31. The van der Waals surface area contributed by atoms with Crippen molar-refractivity contribution in [2.75, 3.05) is 0 Å². The van der Waals surface area contributed by atoms with Gasteiger partial charge in [-0.3, -0.25) is 14.3 Å². The number of nitrogens with one attached hydrogen (secondary N) is 1. The Balaban J connectivity index is 2.26. The van der Waals surface area contributed by atoms with E-state index in [2.05, 4.69) is 16.9 Å². The summed E-state index contributed by atoms with van der Waals surface area (Å²) in [7, 11) is 0. The number of imidazole rings is 1. The first-order valence-electron chi connectivity index (χ1n) is 9.56. The summed E-state index contributed by atoms with van der Waals surface area (Å²) >= 11 is 0. The molecule has 7 heteroatoms. The second-order valence-electron chi connectivity index (χ2n) is 6.74. The molecule has 0 saturated heterocycles. The highest BCUT2D eigenvalue weighted by Crippen LogP contribution is 2.24. The van der Waals surface area contributed by atoms with Crippen LogP contribution in [0, 0.1) is 5.82 Å². The molecule has 0 bridgehead atoms. The molecule has 3 rings (SSSR count). The third-order valence-electron chi connectivity index (χ3n) is 4.69. The minimum absolute atomic E-state index is 0.364. The van der Waals surface area contributed by atoms with Gasteiger partial charge in [-0.2, -0.15) is 0 Å². The Morgan fingerprint density at radius 3 is 2.48 bits per heavy atom. The van der Waals surface area contributed by atoms with Gasteiger partial charge in [-0.15, -0.1) is 0 Å². The fourth-order valence-corrected chi connectivity index (χ4v) is 3.28. The lowest BCUT2D eigenvalue weighted by atomic mass is 10.2. The molecule has 0 saturated carbocycles. The number of benzene rings is 1. The van der Waals surface area contributed by atoms with Crippen LogP contribution in [-0.2, 0) is 13.1 Å². The highest BCUT2D eigenvalue weighted by Gasteiger charge is 2.19. The molecule has 0 radical (unpaired) electrons. The lowest BCUT2D eigenvalue weighted by Gasteiger charge is -2.09. The SMILES string of the molecule is CCCCCn1c(-c2cccc(F)c2)nc2c1c(=O)[nH]c(=O)n2CCCC. The second-order valence-corrected chi connectivity index (χ2v) is 6.74. The number of rotatable bonds is 8. The Morgan fingerprint density at radius 1 is 1.04 bits per heavy atom. The maximum absolute atomic E-state index is 13.8. The van der Waals surface area contributed by atoms with Crippen molar-refractivity contribution in [3.63, 3.8) is 0 Å². The molecule has 0 aliphatic rings. The summed E-state index contributed by atoms with van der Waals surface area (Å²) in [6, 6.07) is 6.16. The van der Waals surface area contributed by atoms with Gasteiger partial charge in [0.2, 0.25) is 0 Å². The highest BCUT2D eigenvalue weighted by molar-refractivity contribution is 5.77. The lowest BCUT2D eigenvalue weighted by molar-refractivity contribution is 0.606. The van der Waals surface area contributed by atoms with Gasteiger partial charge in [0, 0.05) is 18.7 Å². The molecule has 3 aromatic rings. The second kappa shape index (κ2) is 8.33. The number of hydrogen-bond acceptors (Lipinski definition) is 3. The maximum Gasteiger partial charge on any atom is 0.330 e. The molecule has 0 aliphatic carbocycles. The number of nitrogens with zero attached hydrogens (tertiary/aromatic N) is 3. The number of aromatic amines is 1. The van der Waals surface area contributed by atoms with Crippen molar-refractivity contribution in [1.29, 1.82) is 0 Å². The van der Waals surface area contributed by atoms with Gasteiger partial charge in [0.05, 0.1) is 0 Å². The molecule has 1 N–H and O–H groups in total. The van der Waals surface area contributed by atoms with Crippen LogP contribution in [-0.4, -0.2) is 19.1 Å². The van der Waals surface area contributed by atoms with E-state index in [-0.39, 0.29) is 5.82 Å². The Hall–Kier alpha value is -2.70. The molecule has 144 valence electrons. The number of unbranched alkanes of at least 4 members (excludes halogenated alkanes) is 3. The van der Waals surface area contributed by atoms with Crippen molar-refractivity contribution in [2.24, 2.45) is 0 Å².